The molecule has 0 aliphatic carbocycles. The molecule has 466 valence electrons. The van der Waals surface area contributed by atoms with Crippen LogP contribution in [-0.2, 0) is 42.9 Å². The first kappa shape index (κ1) is 75.2. The molecule has 3 N–H and O–H groups in total. The van der Waals surface area contributed by atoms with E-state index in [1.165, 1.54) is 109 Å². The molecular weight excluding hydrogens is 1020 g/mol. The third kappa shape index (κ3) is 46.3. The van der Waals surface area contributed by atoms with Crippen molar-refractivity contribution in [2.75, 3.05) is 13.2 Å². The first-order chi connectivity index (χ1) is 39.6. The van der Waals surface area contributed by atoms with Gasteiger partial charge < -0.3 is 39.0 Å². The molecule has 0 radical (unpaired) electrons. The number of unbranched alkanes of at least 4 members (excludes halogenated alkanes) is 30. The Hall–Kier alpha value is -3.84. The van der Waals surface area contributed by atoms with Gasteiger partial charge in [-0.3, -0.25) is 14.4 Å². The van der Waals surface area contributed by atoms with Crippen LogP contribution in [-0.4, -0.2) is 89.2 Å². The van der Waals surface area contributed by atoms with Crippen LogP contribution in [0.4, 0.5) is 0 Å². The molecular formula is C69H118O12. The summed E-state index contributed by atoms with van der Waals surface area (Å²) < 4.78 is 28.5. The highest BCUT2D eigenvalue weighted by Gasteiger charge is 2.50. The Morgan fingerprint density at radius 3 is 1.22 bits per heavy atom. The van der Waals surface area contributed by atoms with Crippen LogP contribution < -0.4 is 0 Å². The standard InChI is InChI=1S/C69H118O12/c1-4-7-10-13-16-19-22-25-28-30-31-33-36-39-42-45-48-51-54-57-63(72)80-67-65(74)64(73)66(68(75)76)81-69(67)78-59-60(79-62(71)56-53-50-47-44-41-38-34-27-24-21-18-15-12-9-6-3)58-77-61(70)55-52-49-46-43-40-37-35-32-29-26-23-20-17-14-11-8-5-2/h9,12,17-18,20-21,25-29,34,60,64-67,69,73-74H,4-8,10-11,13-16,19,22-24,30-33,35-59H2,1-3H3,(H,75,76)/b12-9-,20-17-,21-18-,28-25-,29-26-,34-27-. The predicted molar refractivity (Wildman–Crippen MR) is 331 cm³/mol. The van der Waals surface area contributed by atoms with Crippen molar-refractivity contribution >= 4 is 23.9 Å². The Kier molecular flexibility index (Phi) is 52.6. The number of aliphatic hydroxyl groups excluding tert-OH is 2. The minimum atomic E-state index is -1.91. The van der Waals surface area contributed by atoms with Crippen LogP contribution in [0, 0.1) is 0 Å². The Morgan fingerprint density at radius 2 is 0.778 bits per heavy atom. The van der Waals surface area contributed by atoms with Gasteiger partial charge in [-0.2, -0.15) is 0 Å². The van der Waals surface area contributed by atoms with E-state index in [1.807, 2.05) is 0 Å². The summed E-state index contributed by atoms with van der Waals surface area (Å²) in [6, 6.07) is 0. The van der Waals surface area contributed by atoms with Crippen molar-refractivity contribution in [1.29, 1.82) is 0 Å². The number of aliphatic carboxylic acids is 1. The van der Waals surface area contributed by atoms with Crippen molar-refractivity contribution in [2.24, 2.45) is 0 Å². The zero-order valence-corrected chi connectivity index (χ0v) is 51.5. The highest BCUT2D eigenvalue weighted by Crippen LogP contribution is 2.27. The fraction of sp³-hybridized carbons (Fsp3) is 0.768. The minimum absolute atomic E-state index is 0.0546. The van der Waals surface area contributed by atoms with E-state index in [1.54, 1.807) is 0 Å². The number of aliphatic hydroxyl groups is 2. The molecule has 0 amide bonds. The summed E-state index contributed by atoms with van der Waals surface area (Å²) in [5.41, 5.74) is 0. The van der Waals surface area contributed by atoms with E-state index in [0.717, 1.165) is 122 Å². The normalized spacial score (nSPS) is 18.2. The number of allylic oxidation sites excluding steroid dienone is 12. The molecule has 6 atom stereocenters. The van der Waals surface area contributed by atoms with E-state index in [9.17, 15) is 34.5 Å². The summed E-state index contributed by atoms with van der Waals surface area (Å²) in [6.45, 7) is 5.86. The Bertz CT molecular complexity index is 1680. The second-order valence-electron chi connectivity index (χ2n) is 22.4. The van der Waals surface area contributed by atoms with Gasteiger partial charge in [0.25, 0.3) is 0 Å². The number of ether oxygens (including phenoxy) is 5. The van der Waals surface area contributed by atoms with E-state index in [2.05, 4.69) is 93.7 Å². The number of hydrogen-bond donors (Lipinski definition) is 3. The van der Waals surface area contributed by atoms with Crippen LogP contribution >= 0.6 is 0 Å². The third-order valence-corrected chi connectivity index (χ3v) is 14.7. The zero-order valence-electron chi connectivity index (χ0n) is 51.5. The van der Waals surface area contributed by atoms with Gasteiger partial charge in [-0.25, -0.2) is 4.79 Å². The Labute approximate surface area is 493 Å². The lowest BCUT2D eigenvalue weighted by Crippen LogP contribution is -2.61. The second-order valence-corrected chi connectivity index (χ2v) is 22.4. The maximum absolute atomic E-state index is 13.2. The highest BCUT2D eigenvalue weighted by molar-refractivity contribution is 5.74. The number of carboxylic acids is 1. The molecule has 1 heterocycles. The van der Waals surface area contributed by atoms with Gasteiger partial charge >= 0.3 is 23.9 Å². The van der Waals surface area contributed by atoms with Crippen molar-refractivity contribution in [1.82, 2.24) is 0 Å². The molecule has 1 aliphatic rings. The quantitative estimate of drug-likeness (QED) is 0.0228. The summed E-state index contributed by atoms with van der Waals surface area (Å²) in [5, 5.41) is 31.6. The van der Waals surface area contributed by atoms with E-state index in [0.29, 0.717) is 19.3 Å². The van der Waals surface area contributed by atoms with Crippen LogP contribution in [0.3, 0.4) is 0 Å². The van der Waals surface area contributed by atoms with Gasteiger partial charge in [0.15, 0.2) is 24.6 Å². The topological polar surface area (TPSA) is 175 Å². The number of carbonyl (C=O) groups is 4. The summed E-state index contributed by atoms with van der Waals surface area (Å²) in [5.74, 6) is -3.14. The fourth-order valence-corrected chi connectivity index (χ4v) is 9.70. The van der Waals surface area contributed by atoms with Crippen LogP contribution in [0.2, 0.25) is 0 Å². The largest absolute Gasteiger partial charge is 0.479 e. The maximum atomic E-state index is 13.2. The number of rotatable bonds is 56. The lowest BCUT2D eigenvalue weighted by molar-refractivity contribution is -0.301. The number of carboxylic acid groups (broad SMARTS) is 1. The first-order valence-electron chi connectivity index (χ1n) is 32.9. The van der Waals surface area contributed by atoms with Gasteiger partial charge in [0.1, 0.15) is 18.8 Å². The SMILES string of the molecule is CC/C=C\C/C=C\C/C=C\CCCCCCCC(=O)OC(COC(=O)CCCCCCCCC/C=C\C/C=C\CCCCC)COC1OC(C(=O)O)C(O)C(O)C1OC(=O)CCCCCCCCCCC/C=C\CCCCCCCC. The monoisotopic (exact) mass is 1140 g/mol. The molecule has 0 bridgehead atoms. The second kappa shape index (κ2) is 56.6. The van der Waals surface area contributed by atoms with Gasteiger partial charge in [0.05, 0.1) is 6.61 Å². The lowest BCUT2D eigenvalue weighted by atomic mass is 9.98. The molecule has 6 unspecified atom stereocenters. The molecule has 0 spiro atoms. The molecule has 0 aromatic rings. The van der Waals surface area contributed by atoms with Crippen LogP contribution in [0.15, 0.2) is 72.9 Å². The number of carbonyl (C=O) groups excluding carboxylic acids is 3. The number of esters is 3. The van der Waals surface area contributed by atoms with Crippen LogP contribution in [0.25, 0.3) is 0 Å². The van der Waals surface area contributed by atoms with Crippen LogP contribution in [0.1, 0.15) is 290 Å². The van der Waals surface area contributed by atoms with E-state index in [4.69, 9.17) is 23.7 Å². The molecule has 0 aromatic heterocycles. The van der Waals surface area contributed by atoms with Gasteiger partial charge in [-0.15, -0.1) is 0 Å². The summed E-state index contributed by atoms with van der Waals surface area (Å²) in [7, 11) is 0. The van der Waals surface area contributed by atoms with Crippen LogP contribution in [0.5, 0.6) is 0 Å². The molecule has 1 fully saturated rings. The summed E-state index contributed by atoms with van der Waals surface area (Å²) >= 11 is 0. The van der Waals surface area contributed by atoms with Crippen molar-refractivity contribution in [3.8, 4) is 0 Å². The van der Waals surface area contributed by atoms with Crippen molar-refractivity contribution in [2.45, 2.75) is 327 Å². The zero-order chi connectivity index (χ0) is 58.9. The maximum Gasteiger partial charge on any atom is 0.335 e. The average molecular weight is 1140 g/mol. The highest BCUT2D eigenvalue weighted by atomic mass is 16.7. The Balaban J connectivity index is 2.66. The van der Waals surface area contributed by atoms with Gasteiger partial charge in [-0.1, -0.05) is 235 Å². The van der Waals surface area contributed by atoms with Gasteiger partial charge in [0.2, 0.25) is 0 Å². The summed E-state index contributed by atoms with van der Waals surface area (Å²) in [6.07, 6.45) is 60.0. The minimum Gasteiger partial charge on any atom is -0.479 e. The first-order valence-corrected chi connectivity index (χ1v) is 32.9. The Morgan fingerprint density at radius 1 is 0.420 bits per heavy atom. The molecule has 0 aromatic carbocycles. The number of hydrogen-bond acceptors (Lipinski definition) is 11. The molecule has 0 saturated carbocycles. The average Bonchev–Trinajstić information content (AvgIpc) is 3.52. The molecule has 81 heavy (non-hydrogen) atoms. The molecule has 1 saturated heterocycles. The molecule has 12 nitrogen and oxygen atoms in total. The van der Waals surface area contributed by atoms with Crippen molar-refractivity contribution in [3.05, 3.63) is 72.9 Å². The van der Waals surface area contributed by atoms with E-state index < -0.39 is 67.3 Å². The van der Waals surface area contributed by atoms with Gasteiger partial charge in [0, 0.05) is 19.3 Å². The summed E-state index contributed by atoms with van der Waals surface area (Å²) in [4.78, 5) is 51.3. The molecule has 12 heteroatoms. The van der Waals surface area contributed by atoms with E-state index >= 15 is 0 Å². The third-order valence-electron chi connectivity index (χ3n) is 14.7. The van der Waals surface area contributed by atoms with Crippen molar-refractivity contribution in [3.63, 3.8) is 0 Å². The van der Waals surface area contributed by atoms with E-state index in [-0.39, 0.29) is 25.9 Å². The molecule has 1 aliphatic heterocycles. The smallest absolute Gasteiger partial charge is 0.335 e. The lowest BCUT2D eigenvalue weighted by Gasteiger charge is -2.40. The predicted octanol–water partition coefficient (Wildman–Crippen LogP) is 17.7. The molecule has 1 rings (SSSR count). The fourth-order valence-electron chi connectivity index (χ4n) is 9.70. The van der Waals surface area contributed by atoms with Crippen molar-refractivity contribution < 1.29 is 58.2 Å². The van der Waals surface area contributed by atoms with Gasteiger partial charge in [-0.05, 0) is 109 Å².